The quantitative estimate of drug-likeness (QED) is 0.0164. The van der Waals surface area contributed by atoms with Crippen molar-refractivity contribution < 1.29 is 81.0 Å². The van der Waals surface area contributed by atoms with Crippen LogP contribution in [-0.4, -0.2) is 159 Å². The first-order chi connectivity index (χ1) is 45.5. The summed E-state index contributed by atoms with van der Waals surface area (Å²) in [6.07, 6.45) is -0.0591. The van der Waals surface area contributed by atoms with Crippen molar-refractivity contribution in [2.45, 2.75) is 115 Å². The number of pyridine rings is 2. The summed E-state index contributed by atoms with van der Waals surface area (Å²) in [5.41, 5.74) is 18.1. The second kappa shape index (κ2) is 31.3. The van der Waals surface area contributed by atoms with E-state index in [1.807, 2.05) is 0 Å². The molecule has 0 bridgehead atoms. The molecule has 5 aromatic rings. The van der Waals surface area contributed by atoms with Crippen molar-refractivity contribution in [3.63, 3.8) is 0 Å². The summed E-state index contributed by atoms with van der Waals surface area (Å²) in [4.78, 5) is 124. The minimum atomic E-state index is -2.07. The summed E-state index contributed by atoms with van der Waals surface area (Å²) in [7, 11) is 0. The average molecular weight is 1320 g/mol. The zero-order valence-corrected chi connectivity index (χ0v) is 53.3. The highest BCUT2D eigenvalue weighted by Gasteiger charge is 2.50. The molecule has 1 aliphatic carbocycles. The van der Waals surface area contributed by atoms with Crippen LogP contribution in [0.1, 0.15) is 108 Å². The Balaban J connectivity index is 0.719. The van der Waals surface area contributed by atoms with E-state index in [9.17, 15) is 48.3 Å². The number of nitrogen functional groups attached to an aromatic ring is 2. The molecule has 3 aromatic carbocycles. The fourth-order valence-electron chi connectivity index (χ4n) is 11.7. The fourth-order valence-corrected chi connectivity index (χ4v) is 11.7. The molecule has 8 amide bonds. The first-order valence-corrected chi connectivity index (χ1v) is 31.4. The number of nitrogens with zero attached hydrogens (tertiary/aromatic N) is 2. The maximum absolute atomic E-state index is 15.6. The van der Waals surface area contributed by atoms with E-state index in [1.165, 1.54) is 16.7 Å². The Morgan fingerprint density at radius 3 is 2.18 bits per heavy atom. The number of urea groups is 1. The van der Waals surface area contributed by atoms with Crippen LogP contribution in [0.15, 0.2) is 59.4 Å². The first-order valence-electron chi connectivity index (χ1n) is 31.4. The second-order valence-electron chi connectivity index (χ2n) is 23.9. The van der Waals surface area contributed by atoms with Gasteiger partial charge in [-0.1, -0.05) is 32.9 Å². The van der Waals surface area contributed by atoms with E-state index in [0.717, 1.165) is 0 Å². The van der Waals surface area contributed by atoms with E-state index in [1.54, 1.807) is 70.2 Å². The fraction of sp³-hybridized carbons (Fsp3) is 0.477. The maximum atomic E-state index is 15.6. The number of rotatable bonds is 32. The number of carbonyl (C=O) groups excluding carboxylic acids is 8. The van der Waals surface area contributed by atoms with Crippen LogP contribution in [0.4, 0.5) is 31.0 Å². The molecule has 29 nitrogen and oxygen atoms in total. The number of ether oxygens (including phenoxy) is 7. The molecule has 0 spiro atoms. The second-order valence-corrected chi connectivity index (χ2v) is 23.9. The highest BCUT2D eigenvalue weighted by molar-refractivity contribution is 5.99. The number of carbonyl (C=O) groups is 8. The molecule has 1 unspecified atom stereocenters. The zero-order chi connectivity index (χ0) is 68.1. The van der Waals surface area contributed by atoms with Crippen molar-refractivity contribution in [2.75, 3.05) is 95.9 Å². The number of hydrogen-bond acceptors (Lipinski definition) is 20. The Morgan fingerprint density at radius 1 is 0.832 bits per heavy atom. The molecule has 95 heavy (non-hydrogen) atoms. The number of esters is 1. The highest BCUT2D eigenvalue weighted by atomic mass is 19.1. The van der Waals surface area contributed by atoms with Crippen molar-refractivity contribution >= 4 is 75.6 Å². The standard InChI is InChI=1S/C65H81FN12O17/c1-5-65(88)43-28-50-55-41(30-78(50)59(83)42(43)32-94-61(65)85)53-47(15-13-40-36(4)44(66)29-49(73-55)52(40)53)75-60(84)64(33-93-34-64)77-63(87)95-31-37-8-11-39(12-9-37)72-57(81)48(7-6-17-71-62(69)86)74-58(82)54(35(2)3)76-51(79)16-19-89-21-23-91-25-26-92-24-22-90-20-18-70-56(80)38-10-14-45(67)46(68)27-38/h8-12,14,27-29,35,47-48,54,88H,5-7,13,15-26,30-34,67-68H2,1-4H3,(H,70,80)(H,72,81)(H,74,82)(H,75,84)(H,76,79)(H,77,87)(H3,69,71,86)/t47-,48+,54+,65?/m1/s1. The number of halogens is 1. The molecule has 4 atom stereocenters. The molecule has 5 heterocycles. The summed E-state index contributed by atoms with van der Waals surface area (Å²) in [5.74, 6) is -4.31. The number of amides is 8. The minimum absolute atomic E-state index is 0.0238. The number of benzene rings is 3. The van der Waals surface area contributed by atoms with Gasteiger partial charge in [-0.2, -0.15) is 0 Å². The van der Waals surface area contributed by atoms with Crippen molar-refractivity contribution in [3.05, 3.63) is 115 Å². The van der Waals surface area contributed by atoms with Crippen molar-refractivity contribution in [2.24, 2.45) is 11.7 Å². The first kappa shape index (κ1) is 70.0. The third-order valence-corrected chi connectivity index (χ3v) is 17.1. The topological polar surface area (TPSA) is 419 Å². The number of alkyl carbamates (subject to hydrolysis) is 1. The van der Waals surface area contributed by atoms with Crippen LogP contribution in [0.5, 0.6) is 0 Å². The minimum Gasteiger partial charge on any atom is -0.458 e. The van der Waals surface area contributed by atoms with Crippen molar-refractivity contribution in [1.82, 2.24) is 41.5 Å². The molecule has 9 rings (SSSR count). The van der Waals surface area contributed by atoms with Gasteiger partial charge in [0.05, 0.1) is 112 Å². The van der Waals surface area contributed by atoms with Crippen LogP contribution in [0.3, 0.4) is 0 Å². The molecule has 4 aliphatic rings. The zero-order valence-electron chi connectivity index (χ0n) is 53.3. The number of aliphatic hydroxyl groups is 1. The number of nitrogens with two attached hydrogens (primary N) is 3. The highest BCUT2D eigenvalue weighted by Crippen LogP contribution is 2.46. The van der Waals surface area contributed by atoms with Gasteiger partial charge >= 0.3 is 18.1 Å². The molecule has 1 saturated heterocycles. The van der Waals surface area contributed by atoms with Gasteiger partial charge in [-0.3, -0.25) is 28.8 Å². The molecule has 2 aromatic heterocycles. The summed E-state index contributed by atoms with van der Waals surface area (Å²) in [6.45, 7) is 8.21. The third kappa shape index (κ3) is 16.4. The van der Waals surface area contributed by atoms with Gasteiger partial charge in [0.2, 0.25) is 17.7 Å². The van der Waals surface area contributed by atoms with Gasteiger partial charge in [0.25, 0.3) is 17.4 Å². The average Bonchev–Trinajstić information content (AvgIpc) is 1.61. The van der Waals surface area contributed by atoms with E-state index in [-0.39, 0.29) is 109 Å². The number of aromatic nitrogens is 2. The van der Waals surface area contributed by atoms with E-state index in [2.05, 4.69) is 37.2 Å². The molecule has 30 heteroatoms. The van der Waals surface area contributed by atoms with E-state index >= 15 is 4.39 Å². The van der Waals surface area contributed by atoms with E-state index in [0.29, 0.717) is 119 Å². The Bertz CT molecular complexity index is 3790. The summed E-state index contributed by atoms with van der Waals surface area (Å²) >= 11 is 0. The number of hydrogen-bond donors (Lipinski definition) is 11. The predicted octanol–water partition coefficient (Wildman–Crippen LogP) is 2.39. The largest absolute Gasteiger partial charge is 0.458 e. The van der Waals surface area contributed by atoms with Gasteiger partial charge in [0.1, 0.15) is 31.1 Å². The summed E-state index contributed by atoms with van der Waals surface area (Å²) in [6, 6.07) is 10.2. The van der Waals surface area contributed by atoms with Crippen LogP contribution >= 0.6 is 0 Å². The van der Waals surface area contributed by atoms with Crippen molar-refractivity contribution in [1.29, 1.82) is 0 Å². The monoisotopic (exact) mass is 1320 g/mol. The lowest BCUT2D eigenvalue weighted by Gasteiger charge is -2.41. The van der Waals surface area contributed by atoms with Crippen LogP contribution in [-0.2, 0) is 88.9 Å². The van der Waals surface area contributed by atoms with Gasteiger partial charge in [-0.25, -0.2) is 23.8 Å². The lowest BCUT2D eigenvalue weighted by molar-refractivity contribution is -0.172. The maximum Gasteiger partial charge on any atom is 0.408 e. The SMILES string of the molecule is CCC1(O)C(=O)OCc2c1cc1n(c2=O)Cc2c-1nc1cc(F)c(C)c3c1c2[C@H](NC(=O)C1(NC(=O)OCc2ccc(NC(=O)[C@H](CCCNC(N)=O)NC(=O)[C@@H](NC(=O)CCOCCOCCOCCOCCNC(=O)c4ccc(N)c(N)c4)C(C)C)cc2)COC1)CC3. The Hall–Kier alpha value is -9.33. The summed E-state index contributed by atoms with van der Waals surface area (Å²) < 4.78 is 55.4. The van der Waals surface area contributed by atoms with Gasteiger partial charge < -0.3 is 97.3 Å². The molecular weight excluding hydrogens is 1240 g/mol. The van der Waals surface area contributed by atoms with Gasteiger partial charge in [-0.05, 0) is 104 Å². The summed E-state index contributed by atoms with van der Waals surface area (Å²) in [5, 5.41) is 31.3. The number of aryl methyl sites for hydroxylation is 1. The Morgan fingerprint density at radius 2 is 1.53 bits per heavy atom. The Kier molecular flexibility index (Phi) is 23.0. The number of cyclic esters (lactones) is 1. The number of primary amides is 1. The lowest BCUT2D eigenvalue weighted by atomic mass is 9.81. The van der Waals surface area contributed by atoms with Crippen LogP contribution in [0.25, 0.3) is 22.3 Å². The third-order valence-electron chi connectivity index (χ3n) is 17.1. The van der Waals surface area contributed by atoms with Crippen molar-refractivity contribution in [3.8, 4) is 11.4 Å². The molecule has 0 saturated carbocycles. The van der Waals surface area contributed by atoms with E-state index in [4.69, 9.17) is 55.3 Å². The normalized spacial score (nSPS) is 17.0. The molecule has 3 aliphatic heterocycles. The molecule has 0 radical (unpaired) electrons. The van der Waals surface area contributed by atoms with Gasteiger partial charge in [0, 0.05) is 53.3 Å². The molecule has 14 N–H and O–H groups in total. The molecule has 1 fully saturated rings. The lowest BCUT2D eigenvalue weighted by Crippen LogP contribution is -2.70. The number of anilines is 3. The van der Waals surface area contributed by atoms with E-state index < -0.39 is 88.3 Å². The van der Waals surface area contributed by atoms with Gasteiger partial charge in [-0.15, -0.1) is 0 Å². The smallest absolute Gasteiger partial charge is 0.408 e. The molecular formula is C65H81FN12O17. The van der Waals surface area contributed by atoms with Crippen LogP contribution in [0.2, 0.25) is 0 Å². The molecule has 510 valence electrons. The van der Waals surface area contributed by atoms with Gasteiger partial charge in [0.15, 0.2) is 11.1 Å². The Labute approximate surface area is 545 Å². The number of fused-ring (bicyclic) bond motifs is 5. The van der Waals surface area contributed by atoms with Crippen LogP contribution < -0.4 is 60.0 Å². The predicted molar refractivity (Wildman–Crippen MR) is 341 cm³/mol. The number of nitrogens with one attached hydrogen (secondary N) is 7. The van der Waals surface area contributed by atoms with Crippen LogP contribution in [0, 0.1) is 18.7 Å².